The molecule has 6 heteroatoms. The fraction of sp³-hybridized carbons (Fsp3) is 0.0909. The van der Waals surface area contributed by atoms with Crippen LogP contribution in [0.3, 0.4) is 0 Å². The van der Waals surface area contributed by atoms with Gasteiger partial charge in [0, 0.05) is 35.1 Å². The van der Waals surface area contributed by atoms with E-state index in [2.05, 4.69) is 9.97 Å². The van der Waals surface area contributed by atoms with Crippen LogP contribution in [0.15, 0.2) is 72.8 Å². The smallest absolute Gasteiger partial charge is 0.338 e. The van der Waals surface area contributed by atoms with Crippen LogP contribution in [0.2, 0.25) is 0 Å². The number of nitrogens with one attached hydrogen (secondary N) is 1. The predicted octanol–water partition coefficient (Wildman–Crippen LogP) is 4.82. The SMILES string of the molecule is CCOC(=O)c1ccc2nc(-c3ccc(Oc4ccccc4)cc3)[nH]c2c1.[Na]. The van der Waals surface area contributed by atoms with Gasteiger partial charge >= 0.3 is 5.97 Å². The molecule has 135 valence electrons. The number of hydrogen-bond acceptors (Lipinski definition) is 4. The Kier molecular flexibility index (Phi) is 6.52. The second kappa shape index (κ2) is 9.06. The second-order valence-electron chi connectivity index (χ2n) is 5.98. The normalized spacial score (nSPS) is 10.3. The Bertz CT molecular complexity index is 1080. The Hall–Kier alpha value is -2.60. The molecule has 0 saturated carbocycles. The van der Waals surface area contributed by atoms with Crippen molar-refractivity contribution in [2.24, 2.45) is 0 Å². The van der Waals surface area contributed by atoms with E-state index in [1.54, 1.807) is 19.1 Å². The number of ether oxygens (including phenoxy) is 2. The number of para-hydroxylation sites is 1. The third-order valence-electron chi connectivity index (χ3n) is 4.10. The zero-order valence-electron chi connectivity index (χ0n) is 15.8. The Labute approximate surface area is 185 Å². The van der Waals surface area contributed by atoms with Gasteiger partial charge in [0.1, 0.15) is 17.3 Å². The minimum Gasteiger partial charge on any atom is -0.462 e. The Morgan fingerprint density at radius 1 is 0.964 bits per heavy atom. The van der Waals surface area contributed by atoms with Crippen molar-refractivity contribution in [3.8, 4) is 22.9 Å². The van der Waals surface area contributed by atoms with Gasteiger partial charge in [0.25, 0.3) is 0 Å². The van der Waals surface area contributed by atoms with Crippen molar-refractivity contribution in [3.63, 3.8) is 0 Å². The third-order valence-corrected chi connectivity index (χ3v) is 4.10. The van der Waals surface area contributed by atoms with Crippen molar-refractivity contribution >= 4 is 46.6 Å². The molecule has 0 unspecified atom stereocenters. The summed E-state index contributed by atoms with van der Waals surface area (Å²) < 4.78 is 10.9. The van der Waals surface area contributed by atoms with Crippen LogP contribution in [0.25, 0.3) is 22.4 Å². The van der Waals surface area contributed by atoms with Crippen LogP contribution in [0.5, 0.6) is 11.5 Å². The number of benzene rings is 3. The molecule has 0 atom stereocenters. The molecular weight excluding hydrogens is 363 g/mol. The van der Waals surface area contributed by atoms with E-state index in [-0.39, 0.29) is 35.5 Å². The molecule has 4 rings (SSSR count). The van der Waals surface area contributed by atoms with E-state index in [9.17, 15) is 4.79 Å². The third kappa shape index (κ3) is 4.44. The minimum atomic E-state index is -0.335. The van der Waals surface area contributed by atoms with Gasteiger partial charge in [-0.25, -0.2) is 9.78 Å². The van der Waals surface area contributed by atoms with Crippen LogP contribution < -0.4 is 4.74 Å². The summed E-state index contributed by atoms with van der Waals surface area (Å²) in [6.07, 6.45) is 0. The van der Waals surface area contributed by atoms with Gasteiger partial charge in [0.15, 0.2) is 0 Å². The first-order chi connectivity index (χ1) is 13.2. The minimum absolute atomic E-state index is 0. The van der Waals surface area contributed by atoms with Crippen molar-refractivity contribution in [2.75, 3.05) is 6.61 Å². The summed E-state index contributed by atoms with van der Waals surface area (Å²) in [5.74, 6) is 1.95. The van der Waals surface area contributed by atoms with Gasteiger partial charge in [-0.15, -0.1) is 0 Å². The molecule has 0 saturated heterocycles. The summed E-state index contributed by atoms with van der Waals surface area (Å²) in [7, 11) is 0. The molecule has 1 aromatic heterocycles. The van der Waals surface area contributed by atoms with E-state index in [1.165, 1.54) is 0 Å². The molecule has 0 amide bonds. The summed E-state index contributed by atoms with van der Waals surface area (Å²) >= 11 is 0. The first-order valence-corrected chi connectivity index (χ1v) is 8.73. The second-order valence-corrected chi connectivity index (χ2v) is 5.98. The molecule has 0 aliphatic heterocycles. The number of nitrogens with zero attached hydrogens (tertiary/aromatic N) is 1. The number of aromatic nitrogens is 2. The molecule has 0 aliphatic carbocycles. The number of aromatic amines is 1. The average molecular weight is 381 g/mol. The van der Waals surface area contributed by atoms with Gasteiger partial charge in [-0.05, 0) is 61.5 Å². The summed E-state index contributed by atoms with van der Waals surface area (Å²) in [4.78, 5) is 19.7. The number of imidazole rings is 1. The molecular formula is C22H18N2NaO3. The fourth-order valence-corrected chi connectivity index (χ4v) is 2.79. The molecule has 0 bridgehead atoms. The topological polar surface area (TPSA) is 64.2 Å². The molecule has 4 aromatic rings. The summed E-state index contributed by atoms with van der Waals surface area (Å²) in [6, 6.07) is 22.6. The van der Waals surface area contributed by atoms with Crippen LogP contribution in [0, 0.1) is 0 Å². The number of rotatable bonds is 5. The van der Waals surface area contributed by atoms with Crippen molar-refractivity contribution in [1.82, 2.24) is 9.97 Å². The van der Waals surface area contributed by atoms with Gasteiger partial charge in [-0.2, -0.15) is 0 Å². The van der Waals surface area contributed by atoms with E-state index in [0.717, 1.165) is 33.9 Å². The van der Waals surface area contributed by atoms with Crippen LogP contribution in [-0.2, 0) is 4.74 Å². The van der Waals surface area contributed by atoms with E-state index >= 15 is 0 Å². The zero-order chi connectivity index (χ0) is 18.6. The average Bonchev–Trinajstić information content (AvgIpc) is 3.13. The number of carbonyl (C=O) groups is 1. The first-order valence-electron chi connectivity index (χ1n) is 8.73. The molecule has 0 spiro atoms. The quantitative estimate of drug-likeness (QED) is 0.398. The fourth-order valence-electron chi connectivity index (χ4n) is 2.79. The monoisotopic (exact) mass is 381 g/mol. The summed E-state index contributed by atoms with van der Waals surface area (Å²) in [5, 5.41) is 0. The molecule has 3 aromatic carbocycles. The molecule has 28 heavy (non-hydrogen) atoms. The number of hydrogen-bond donors (Lipinski definition) is 1. The van der Waals surface area contributed by atoms with E-state index in [4.69, 9.17) is 9.47 Å². The summed E-state index contributed by atoms with van der Waals surface area (Å²) in [6.45, 7) is 2.14. The molecule has 1 heterocycles. The molecule has 1 radical (unpaired) electrons. The van der Waals surface area contributed by atoms with Gasteiger partial charge in [0.2, 0.25) is 0 Å². The Morgan fingerprint density at radius 3 is 2.39 bits per heavy atom. The van der Waals surface area contributed by atoms with Crippen molar-refractivity contribution in [3.05, 3.63) is 78.4 Å². The van der Waals surface area contributed by atoms with Crippen molar-refractivity contribution in [1.29, 1.82) is 0 Å². The maximum Gasteiger partial charge on any atom is 0.338 e. The van der Waals surface area contributed by atoms with Gasteiger partial charge in [-0.3, -0.25) is 0 Å². The zero-order valence-corrected chi connectivity index (χ0v) is 17.8. The largest absolute Gasteiger partial charge is 0.462 e. The van der Waals surface area contributed by atoms with Crippen molar-refractivity contribution < 1.29 is 14.3 Å². The van der Waals surface area contributed by atoms with Crippen LogP contribution in [0.4, 0.5) is 0 Å². The standard InChI is InChI=1S/C22H18N2O3.Na/c1-2-26-22(25)16-10-13-19-20(14-16)24-21(23-19)15-8-11-18(12-9-15)27-17-6-4-3-5-7-17;/h3-14H,2H2,1H3,(H,23,24);. The van der Waals surface area contributed by atoms with Gasteiger partial charge in [-0.1, -0.05) is 18.2 Å². The predicted molar refractivity (Wildman–Crippen MR) is 110 cm³/mol. The molecule has 5 nitrogen and oxygen atoms in total. The number of fused-ring (bicyclic) bond motifs is 1. The van der Waals surface area contributed by atoms with Crippen LogP contribution in [0.1, 0.15) is 17.3 Å². The number of esters is 1. The first kappa shape index (κ1) is 20.1. The van der Waals surface area contributed by atoms with Gasteiger partial charge < -0.3 is 14.5 Å². The maximum absolute atomic E-state index is 11.9. The van der Waals surface area contributed by atoms with Crippen LogP contribution in [-0.4, -0.2) is 52.1 Å². The van der Waals surface area contributed by atoms with Crippen molar-refractivity contribution in [2.45, 2.75) is 6.92 Å². The van der Waals surface area contributed by atoms with E-state index < -0.39 is 0 Å². The molecule has 0 aliphatic rings. The molecule has 0 fully saturated rings. The Balaban J connectivity index is 0.00000225. The number of carbonyl (C=O) groups excluding carboxylic acids is 1. The number of H-pyrrole nitrogens is 1. The van der Waals surface area contributed by atoms with Crippen LogP contribution >= 0.6 is 0 Å². The molecule has 1 N–H and O–H groups in total. The summed E-state index contributed by atoms with van der Waals surface area (Å²) in [5.41, 5.74) is 3.03. The Morgan fingerprint density at radius 2 is 1.68 bits per heavy atom. The van der Waals surface area contributed by atoms with Gasteiger partial charge in [0.05, 0.1) is 23.2 Å². The maximum atomic E-state index is 11.9. The van der Waals surface area contributed by atoms with E-state index in [1.807, 2.05) is 60.7 Å². The van der Waals surface area contributed by atoms with E-state index in [0.29, 0.717) is 12.2 Å².